The molecule has 2 amide bonds. The summed E-state index contributed by atoms with van der Waals surface area (Å²) in [6.07, 6.45) is 9.51. The van der Waals surface area contributed by atoms with Crippen LogP contribution in [0, 0.1) is 5.41 Å². The monoisotopic (exact) mass is 324 g/mol. The molecular weight excluding hydrogens is 300 g/mol. The van der Waals surface area contributed by atoms with Crippen LogP contribution in [-0.4, -0.2) is 33.1 Å². The second kappa shape index (κ2) is 6.73. The number of thioether (sulfide) groups is 1. The van der Waals surface area contributed by atoms with Gasteiger partial charge in [-0.1, -0.05) is 13.3 Å². The molecule has 0 radical (unpaired) electrons. The third-order valence-electron chi connectivity index (χ3n) is 4.47. The highest BCUT2D eigenvalue weighted by Crippen LogP contribution is 2.49. The van der Waals surface area contributed by atoms with E-state index in [0.717, 1.165) is 12.8 Å². The molecule has 6 nitrogen and oxygen atoms in total. The smallest absolute Gasteiger partial charge is 0.270 e. The third kappa shape index (κ3) is 4.03. The average Bonchev–Trinajstić information content (AvgIpc) is 3.00. The van der Waals surface area contributed by atoms with Gasteiger partial charge in [0.1, 0.15) is 5.69 Å². The highest BCUT2D eigenvalue weighted by Gasteiger charge is 2.39. The van der Waals surface area contributed by atoms with Gasteiger partial charge in [-0.15, -0.1) is 11.8 Å². The molecule has 1 aliphatic carbocycles. The van der Waals surface area contributed by atoms with E-state index in [1.54, 1.807) is 12.3 Å². The zero-order valence-electron chi connectivity index (χ0n) is 13.1. The molecule has 0 aromatic carbocycles. The first kappa shape index (κ1) is 16.9. The SMILES string of the molecule is CSC(CCCCC1(C)CC1)(NC(=O)c1ccn[nH]1)C(N)=O. The molecule has 1 heterocycles. The maximum absolute atomic E-state index is 12.2. The summed E-state index contributed by atoms with van der Waals surface area (Å²) in [5.74, 6) is -0.870. The predicted molar refractivity (Wildman–Crippen MR) is 87.3 cm³/mol. The summed E-state index contributed by atoms with van der Waals surface area (Å²) in [6, 6.07) is 1.56. The number of nitrogens with two attached hydrogens (primary N) is 1. The quantitative estimate of drug-likeness (QED) is 0.478. The second-order valence-corrected chi connectivity index (χ2v) is 7.44. The molecule has 1 aliphatic rings. The van der Waals surface area contributed by atoms with Crippen molar-refractivity contribution in [3.63, 3.8) is 0 Å². The summed E-state index contributed by atoms with van der Waals surface area (Å²) in [4.78, 5) is 23.0. The summed E-state index contributed by atoms with van der Waals surface area (Å²) in [6.45, 7) is 2.29. The van der Waals surface area contributed by atoms with Crippen LogP contribution in [0.3, 0.4) is 0 Å². The number of amides is 2. The van der Waals surface area contributed by atoms with Crippen molar-refractivity contribution in [2.24, 2.45) is 11.1 Å². The Kier molecular flexibility index (Phi) is 5.16. The number of nitrogens with zero attached hydrogens (tertiary/aromatic N) is 1. The second-order valence-electron chi connectivity index (χ2n) is 6.34. The van der Waals surface area contributed by atoms with E-state index in [0.29, 0.717) is 17.5 Å². The molecule has 0 saturated heterocycles. The van der Waals surface area contributed by atoms with E-state index in [-0.39, 0.29) is 5.91 Å². The Bertz CT molecular complexity index is 528. The highest BCUT2D eigenvalue weighted by molar-refractivity contribution is 8.00. The van der Waals surface area contributed by atoms with Crippen molar-refractivity contribution in [1.29, 1.82) is 0 Å². The standard InChI is InChI=1S/C15H24N4O2S/c1-14(8-9-14)6-3-4-7-15(22-2,13(16)21)18-12(20)11-5-10-17-19-11/h5,10H,3-4,6-9H2,1-2H3,(H2,16,21)(H,17,19)(H,18,20). The van der Waals surface area contributed by atoms with Crippen LogP contribution in [0.25, 0.3) is 0 Å². The lowest BCUT2D eigenvalue weighted by Crippen LogP contribution is -2.55. The summed E-state index contributed by atoms with van der Waals surface area (Å²) >= 11 is 1.28. The van der Waals surface area contributed by atoms with Gasteiger partial charge in [0.15, 0.2) is 4.87 Å². The van der Waals surface area contributed by atoms with Crippen LogP contribution in [0.5, 0.6) is 0 Å². The van der Waals surface area contributed by atoms with E-state index < -0.39 is 10.8 Å². The van der Waals surface area contributed by atoms with Gasteiger partial charge in [0.25, 0.3) is 11.8 Å². The number of aromatic nitrogens is 2. The number of aromatic amines is 1. The highest BCUT2D eigenvalue weighted by atomic mass is 32.2. The van der Waals surface area contributed by atoms with Crippen LogP contribution in [0.2, 0.25) is 0 Å². The summed E-state index contributed by atoms with van der Waals surface area (Å²) < 4.78 is 0. The number of hydrogen-bond acceptors (Lipinski definition) is 4. The number of H-pyrrole nitrogens is 1. The molecule has 22 heavy (non-hydrogen) atoms. The van der Waals surface area contributed by atoms with Crippen molar-refractivity contribution in [3.8, 4) is 0 Å². The van der Waals surface area contributed by atoms with Crippen LogP contribution in [0.15, 0.2) is 12.3 Å². The minimum absolute atomic E-state index is 0.324. The molecule has 1 unspecified atom stereocenters. The van der Waals surface area contributed by atoms with Crippen LogP contribution in [0.1, 0.15) is 55.9 Å². The maximum atomic E-state index is 12.2. The first-order valence-corrected chi connectivity index (χ1v) is 8.80. The molecule has 0 spiro atoms. The number of carbonyl (C=O) groups excluding carboxylic acids is 2. The number of nitrogens with one attached hydrogen (secondary N) is 2. The molecule has 1 aromatic rings. The van der Waals surface area contributed by atoms with Crippen molar-refractivity contribution in [3.05, 3.63) is 18.0 Å². The normalized spacial score (nSPS) is 18.5. The molecule has 0 bridgehead atoms. The first-order valence-electron chi connectivity index (χ1n) is 7.58. The van der Waals surface area contributed by atoms with E-state index in [1.165, 1.54) is 37.2 Å². The van der Waals surface area contributed by atoms with Gasteiger partial charge >= 0.3 is 0 Å². The van der Waals surface area contributed by atoms with Gasteiger partial charge in [0.2, 0.25) is 0 Å². The Hall–Kier alpha value is -1.50. The molecule has 4 N–H and O–H groups in total. The Morgan fingerprint density at radius 2 is 2.23 bits per heavy atom. The minimum Gasteiger partial charge on any atom is -0.367 e. The lowest BCUT2D eigenvalue weighted by Gasteiger charge is -2.29. The van der Waals surface area contributed by atoms with Crippen LogP contribution in [0.4, 0.5) is 0 Å². The molecule has 1 atom stereocenters. The van der Waals surface area contributed by atoms with Crippen molar-refractivity contribution >= 4 is 23.6 Å². The summed E-state index contributed by atoms with van der Waals surface area (Å²) in [5, 5.41) is 9.11. The molecule has 7 heteroatoms. The van der Waals surface area contributed by atoms with E-state index in [1.807, 2.05) is 0 Å². The van der Waals surface area contributed by atoms with Crippen molar-refractivity contribution < 1.29 is 9.59 Å². The van der Waals surface area contributed by atoms with Gasteiger partial charge in [0, 0.05) is 6.20 Å². The molecule has 1 saturated carbocycles. The number of carbonyl (C=O) groups is 2. The molecule has 122 valence electrons. The molecule has 2 rings (SSSR count). The predicted octanol–water partition coefficient (Wildman–Crippen LogP) is 2.04. The van der Waals surface area contributed by atoms with E-state index in [4.69, 9.17) is 5.73 Å². The lowest BCUT2D eigenvalue weighted by molar-refractivity contribution is -0.121. The summed E-state index contributed by atoms with van der Waals surface area (Å²) in [7, 11) is 0. The number of hydrogen-bond donors (Lipinski definition) is 3. The van der Waals surface area contributed by atoms with E-state index in [9.17, 15) is 9.59 Å². The molecule has 1 aromatic heterocycles. The Balaban J connectivity index is 1.93. The third-order valence-corrected chi connectivity index (χ3v) is 5.67. The number of unbranched alkanes of at least 4 members (excludes halogenated alkanes) is 1. The van der Waals surface area contributed by atoms with Crippen LogP contribution >= 0.6 is 11.8 Å². The fourth-order valence-corrected chi connectivity index (χ4v) is 3.27. The van der Waals surface area contributed by atoms with Crippen LogP contribution in [-0.2, 0) is 4.79 Å². The zero-order valence-corrected chi connectivity index (χ0v) is 14.0. The van der Waals surface area contributed by atoms with Crippen LogP contribution < -0.4 is 11.1 Å². The molecule has 1 fully saturated rings. The lowest BCUT2D eigenvalue weighted by atomic mass is 9.99. The van der Waals surface area contributed by atoms with Crippen molar-refractivity contribution in [2.75, 3.05) is 6.26 Å². The zero-order chi connectivity index (χ0) is 16.2. The van der Waals surface area contributed by atoms with E-state index in [2.05, 4.69) is 22.4 Å². The first-order chi connectivity index (χ1) is 10.4. The fraction of sp³-hybridized carbons (Fsp3) is 0.667. The van der Waals surface area contributed by atoms with Gasteiger partial charge in [-0.05, 0) is 49.8 Å². The van der Waals surface area contributed by atoms with Gasteiger partial charge in [-0.25, -0.2) is 0 Å². The topological polar surface area (TPSA) is 101 Å². The summed E-state index contributed by atoms with van der Waals surface area (Å²) in [5.41, 5.74) is 6.40. The minimum atomic E-state index is -1.06. The van der Waals surface area contributed by atoms with Gasteiger partial charge in [0.05, 0.1) is 0 Å². The molecule has 0 aliphatic heterocycles. The van der Waals surface area contributed by atoms with Gasteiger partial charge in [-0.2, -0.15) is 5.10 Å². The Morgan fingerprint density at radius 1 is 1.50 bits per heavy atom. The Labute approximate surface area is 135 Å². The number of primary amides is 1. The van der Waals surface area contributed by atoms with E-state index >= 15 is 0 Å². The Morgan fingerprint density at radius 3 is 2.73 bits per heavy atom. The largest absolute Gasteiger partial charge is 0.367 e. The maximum Gasteiger partial charge on any atom is 0.270 e. The van der Waals surface area contributed by atoms with Crippen molar-refractivity contribution in [1.82, 2.24) is 15.5 Å². The molecular formula is C15H24N4O2S. The average molecular weight is 324 g/mol. The fourth-order valence-electron chi connectivity index (χ4n) is 2.52. The van der Waals surface area contributed by atoms with Gasteiger partial charge < -0.3 is 11.1 Å². The number of rotatable bonds is 9. The van der Waals surface area contributed by atoms with Crippen molar-refractivity contribution in [2.45, 2.75) is 50.3 Å². The van der Waals surface area contributed by atoms with Gasteiger partial charge in [-0.3, -0.25) is 14.7 Å².